The first-order chi connectivity index (χ1) is 15.6. The number of ether oxygens (including phenoxy) is 1. The highest BCUT2D eigenvalue weighted by molar-refractivity contribution is 7.99. The van der Waals surface area contributed by atoms with E-state index in [1.165, 1.54) is 18.1 Å². The van der Waals surface area contributed by atoms with Gasteiger partial charge in [0.05, 0.1) is 35.8 Å². The third-order valence-corrected chi connectivity index (χ3v) is 8.09. The highest BCUT2D eigenvalue weighted by atomic mass is 35.5. The second-order valence-corrected chi connectivity index (χ2v) is 9.85. The second-order valence-electron chi connectivity index (χ2n) is 8.46. The Hall–Kier alpha value is -2.26. The zero-order valence-corrected chi connectivity index (χ0v) is 19.4. The van der Waals surface area contributed by atoms with Crippen molar-refractivity contribution in [2.75, 3.05) is 24.6 Å². The quantitative estimate of drug-likeness (QED) is 0.573. The number of rotatable bonds is 4. The number of nitrogens with zero attached hydrogens (tertiary/aromatic N) is 5. The molecule has 5 rings (SSSR count). The van der Waals surface area contributed by atoms with Crippen molar-refractivity contribution in [3.63, 3.8) is 0 Å². The van der Waals surface area contributed by atoms with E-state index in [1.54, 1.807) is 12.4 Å². The van der Waals surface area contributed by atoms with Gasteiger partial charge in [0.15, 0.2) is 5.16 Å². The SMILES string of the molecule is C[C@@H]1OCC2(CCN(c3cnc(Sc4cccc(-c5cncnc5)c4Cl)nc3)CC2)[C@H]1N. The zero-order valence-electron chi connectivity index (χ0n) is 17.8. The molecule has 1 aromatic carbocycles. The van der Waals surface area contributed by atoms with Gasteiger partial charge in [-0.2, -0.15) is 0 Å². The second kappa shape index (κ2) is 8.94. The number of aromatic nitrogens is 4. The van der Waals surface area contributed by atoms with Crippen LogP contribution in [0.2, 0.25) is 5.02 Å². The summed E-state index contributed by atoms with van der Waals surface area (Å²) in [6.45, 7) is 4.72. The number of nitrogens with two attached hydrogens (primary N) is 1. The molecule has 9 heteroatoms. The maximum atomic E-state index is 6.67. The Balaban J connectivity index is 1.26. The summed E-state index contributed by atoms with van der Waals surface area (Å²) in [5.41, 5.74) is 9.34. The summed E-state index contributed by atoms with van der Waals surface area (Å²) in [7, 11) is 0. The molecule has 0 saturated carbocycles. The normalized spacial score (nSPS) is 22.4. The van der Waals surface area contributed by atoms with Crippen molar-refractivity contribution >= 4 is 29.1 Å². The molecule has 7 nitrogen and oxygen atoms in total. The van der Waals surface area contributed by atoms with E-state index in [2.05, 4.69) is 31.8 Å². The van der Waals surface area contributed by atoms with Gasteiger partial charge in [0.1, 0.15) is 6.33 Å². The van der Waals surface area contributed by atoms with Crippen LogP contribution in [0, 0.1) is 5.41 Å². The minimum Gasteiger partial charge on any atom is -0.376 e. The summed E-state index contributed by atoms with van der Waals surface area (Å²) in [5, 5.41) is 1.30. The summed E-state index contributed by atoms with van der Waals surface area (Å²) in [4.78, 5) is 20.6. The molecule has 0 radical (unpaired) electrons. The van der Waals surface area contributed by atoms with Crippen LogP contribution in [0.4, 0.5) is 5.69 Å². The molecule has 2 fully saturated rings. The van der Waals surface area contributed by atoms with Gasteiger partial charge in [-0.1, -0.05) is 23.7 Å². The van der Waals surface area contributed by atoms with Gasteiger partial charge in [-0.05, 0) is 37.6 Å². The topological polar surface area (TPSA) is 90.0 Å². The van der Waals surface area contributed by atoms with E-state index in [0.717, 1.165) is 54.2 Å². The maximum absolute atomic E-state index is 6.67. The van der Waals surface area contributed by atoms with Crippen molar-refractivity contribution in [1.82, 2.24) is 19.9 Å². The molecule has 4 heterocycles. The molecule has 2 saturated heterocycles. The van der Waals surface area contributed by atoms with Crippen LogP contribution in [-0.4, -0.2) is 51.8 Å². The number of halogens is 1. The number of benzene rings is 1. The Morgan fingerprint density at radius 1 is 1.12 bits per heavy atom. The predicted molar refractivity (Wildman–Crippen MR) is 126 cm³/mol. The summed E-state index contributed by atoms with van der Waals surface area (Å²) in [6.07, 6.45) is 11.0. The van der Waals surface area contributed by atoms with Crippen molar-refractivity contribution in [2.24, 2.45) is 11.1 Å². The monoisotopic (exact) mass is 468 g/mol. The van der Waals surface area contributed by atoms with Gasteiger partial charge in [-0.25, -0.2) is 19.9 Å². The first kappa shape index (κ1) is 21.6. The van der Waals surface area contributed by atoms with E-state index in [-0.39, 0.29) is 17.6 Å². The summed E-state index contributed by atoms with van der Waals surface area (Å²) >= 11 is 8.11. The maximum Gasteiger partial charge on any atom is 0.192 e. The lowest BCUT2D eigenvalue weighted by Gasteiger charge is -2.41. The van der Waals surface area contributed by atoms with Gasteiger partial charge < -0.3 is 15.4 Å². The third-order valence-electron chi connectivity index (χ3n) is 6.62. The largest absolute Gasteiger partial charge is 0.376 e. The van der Waals surface area contributed by atoms with E-state index in [0.29, 0.717) is 10.2 Å². The Labute approximate surface area is 196 Å². The van der Waals surface area contributed by atoms with Crippen molar-refractivity contribution in [3.8, 4) is 11.1 Å². The standard InChI is InChI=1S/C23H25ClN6OS/c1-15-21(25)23(13-31-15)5-7-30(8-6-23)17-11-28-22(29-12-17)32-19-4-2-3-18(20(19)24)16-9-26-14-27-10-16/h2-4,9-12,14-15,21H,5-8,13,25H2,1H3/t15-,21-/m0/s1. The lowest BCUT2D eigenvalue weighted by molar-refractivity contribution is 0.0974. The first-order valence-electron chi connectivity index (χ1n) is 10.7. The number of hydrogen-bond acceptors (Lipinski definition) is 8. The van der Waals surface area contributed by atoms with Crippen molar-refractivity contribution in [1.29, 1.82) is 0 Å². The zero-order chi connectivity index (χ0) is 22.1. The van der Waals surface area contributed by atoms with E-state index in [4.69, 9.17) is 22.1 Å². The lowest BCUT2D eigenvalue weighted by atomic mass is 9.73. The Morgan fingerprint density at radius 2 is 1.84 bits per heavy atom. The van der Waals surface area contributed by atoms with Crippen LogP contribution in [0.15, 0.2) is 59.4 Å². The van der Waals surface area contributed by atoms with Crippen LogP contribution in [0.3, 0.4) is 0 Å². The first-order valence-corrected chi connectivity index (χ1v) is 11.9. The molecule has 32 heavy (non-hydrogen) atoms. The summed E-state index contributed by atoms with van der Waals surface area (Å²) in [6, 6.07) is 6.00. The fraction of sp³-hybridized carbons (Fsp3) is 0.391. The fourth-order valence-corrected chi connectivity index (χ4v) is 5.66. The molecule has 0 unspecified atom stereocenters. The van der Waals surface area contributed by atoms with E-state index in [1.807, 2.05) is 30.6 Å². The van der Waals surface area contributed by atoms with Gasteiger partial charge >= 0.3 is 0 Å². The molecular formula is C23H25ClN6OS. The number of piperidine rings is 1. The molecule has 0 bridgehead atoms. The molecule has 2 aromatic heterocycles. The van der Waals surface area contributed by atoms with E-state index in [9.17, 15) is 0 Å². The highest BCUT2D eigenvalue weighted by Crippen LogP contribution is 2.42. The Kier molecular flexibility index (Phi) is 6.03. The van der Waals surface area contributed by atoms with Crippen LogP contribution in [0.5, 0.6) is 0 Å². The highest BCUT2D eigenvalue weighted by Gasteiger charge is 2.47. The van der Waals surface area contributed by atoms with Gasteiger partial charge in [-0.3, -0.25) is 0 Å². The van der Waals surface area contributed by atoms with Crippen LogP contribution < -0.4 is 10.6 Å². The molecule has 0 amide bonds. The van der Waals surface area contributed by atoms with Gasteiger partial charge in [-0.15, -0.1) is 0 Å². The number of hydrogen-bond donors (Lipinski definition) is 1. The minimum absolute atomic E-state index is 0.109. The predicted octanol–water partition coefficient (Wildman–Crippen LogP) is 4.07. The van der Waals surface area contributed by atoms with Crippen molar-refractivity contribution in [3.05, 3.63) is 54.3 Å². The van der Waals surface area contributed by atoms with Crippen LogP contribution >= 0.6 is 23.4 Å². The van der Waals surface area contributed by atoms with Crippen LogP contribution in [0.25, 0.3) is 11.1 Å². The van der Waals surface area contributed by atoms with E-state index >= 15 is 0 Å². The van der Waals surface area contributed by atoms with Crippen LogP contribution in [0.1, 0.15) is 19.8 Å². The average Bonchev–Trinajstić information content (AvgIpc) is 3.10. The smallest absolute Gasteiger partial charge is 0.192 e. The number of anilines is 1. The summed E-state index contributed by atoms with van der Waals surface area (Å²) < 4.78 is 5.83. The Bertz CT molecular complexity index is 1080. The minimum atomic E-state index is 0.109. The molecule has 2 aliphatic heterocycles. The molecule has 2 atom stereocenters. The molecule has 1 spiro atoms. The van der Waals surface area contributed by atoms with Crippen molar-refractivity contribution in [2.45, 2.75) is 42.0 Å². The molecule has 166 valence electrons. The van der Waals surface area contributed by atoms with Gasteiger partial charge in [0.2, 0.25) is 0 Å². The summed E-state index contributed by atoms with van der Waals surface area (Å²) in [5.74, 6) is 0. The Morgan fingerprint density at radius 3 is 2.50 bits per heavy atom. The average molecular weight is 469 g/mol. The van der Waals surface area contributed by atoms with E-state index < -0.39 is 0 Å². The van der Waals surface area contributed by atoms with Crippen molar-refractivity contribution < 1.29 is 4.74 Å². The molecule has 0 aliphatic carbocycles. The molecule has 3 aromatic rings. The third kappa shape index (κ3) is 4.08. The van der Waals surface area contributed by atoms with Gasteiger partial charge in [0, 0.05) is 53.0 Å². The van der Waals surface area contributed by atoms with Crippen LogP contribution in [-0.2, 0) is 4.74 Å². The molecular weight excluding hydrogens is 444 g/mol. The lowest BCUT2D eigenvalue weighted by Crippen LogP contribution is -2.50. The molecule has 2 aliphatic rings. The van der Waals surface area contributed by atoms with Gasteiger partial charge in [0.25, 0.3) is 0 Å². The molecule has 2 N–H and O–H groups in total. The fourth-order valence-electron chi connectivity index (χ4n) is 4.56.